The van der Waals surface area contributed by atoms with E-state index in [1.165, 1.54) is 0 Å². The van der Waals surface area contributed by atoms with Crippen LogP contribution < -0.4 is 4.74 Å². The van der Waals surface area contributed by atoms with Gasteiger partial charge in [-0.2, -0.15) is 0 Å². The number of ketones is 1. The van der Waals surface area contributed by atoms with Gasteiger partial charge in [-0.1, -0.05) is 19.1 Å². The fourth-order valence-corrected chi connectivity index (χ4v) is 2.85. The Labute approximate surface area is 87.6 Å². The van der Waals surface area contributed by atoms with Gasteiger partial charge in [0.05, 0.1) is 12.0 Å². The van der Waals surface area contributed by atoms with Gasteiger partial charge in [-0.15, -0.1) is 11.8 Å². The number of benzene rings is 1. The molecule has 0 amide bonds. The molecule has 0 bridgehead atoms. The standard InChI is InChI=1S/C11H12O2S/c1-7-6-9(12)8-4-3-5-10(13-2)11(8)14-7/h3-5,7H,6H2,1-2H3. The van der Waals surface area contributed by atoms with Crippen LogP contribution in [0.25, 0.3) is 0 Å². The highest BCUT2D eigenvalue weighted by Crippen LogP contribution is 2.40. The highest BCUT2D eigenvalue weighted by molar-refractivity contribution is 8.00. The molecule has 1 aliphatic heterocycles. The predicted molar refractivity (Wildman–Crippen MR) is 57.3 cm³/mol. The molecule has 0 saturated carbocycles. The van der Waals surface area contributed by atoms with E-state index in [2.05, 4.69) is 6.92 Å². The number of methoxy groups -OCH3 is 1. The summed E-state index contributed by atoms with van der Waals surface area (Å²) in [6.45, 7) is 2.07. The third kappa shape index (κ3) is 1.52. The van der Waals surface area contributed by atoms with Crippen LogP contribution in [0.3, 0.4) is 0 Å². The van der Waals surface area contributed by atoms with Gasteiger partial charge in [0.1, 0.15) is 5.75 Å². The van der Waals surface area contributed by atoms with Crippen molar-refractivity contribution in [2.75, 3.05) is 7.11 Å². The van der Waals surface area contributed by atoms with E-state index >= 15 is 0 Å². The summed E-state index contributed by atoms with van der Waals surface area (Å²) in [7, 11) is 1.64. The fourth-order valence-electron chi connectivity index (χ4n) is 1.63. The lowest BCUT2D eigenvalue weighted by atomic mass is 10.1. The van der Waals surface area contributed by atoms with Crippen LogP contribution in [0.1, 0.15) is 23.7 Å². The summed E-state index contributed by atoms with van der Waals surface area (Å²) in [5.74, 6) is 1.04. The SMILES string of the molecule is COc1cccc2c1SC(C)CC2=O. The number of hydrogen-bond donors (Lipinski definition) is 0. The largest absolute Gasteiger partial charge is 0.496 e. The van der Waals surface area contributed by atoms with Crippen molar-refractivity contribution >= 4 is 17.5 Å². The van der Waals surface area contributed by atoms with Crippen molar-refractivity contribution in [1.82, 2.24) is 0 Å². The molecular weight excluding hydrogens is 196 g/mol. The molecule has 3 heteroatoms. The van der Waals surface area contributed by atoms with Crippen LogP contribution in [0.2, 0.25) is 0 Å². The number of rotatable bonds is 1. The molecule has 74 valence electrons. The van der Waals surface area contributed by atoms with E-state index < -0.39 is 0 Å². The molecule has 1 aromatic rings. The lowest BCUT2D eigenvalue weighted by molar-refractivity contribution is 0.0977. The van der Waals surface area contributed by atoms with Gasteiger partial charge in [-0.25, -0.2) is 0 Å². The zero-order chi connectivity index (χ0) is 10.1. The van der Waals surface area contributed by atoms with E-state index in [4.69, 9.17) is 4.74 Å². The van der Waals surface area contributed by atoms with Gasteiger partial charge < -0.3 is 4.74 Å². The van der Waals surface area contributed by atoms with Gasteiger partial charge in [0.25, 0.3) is 0 Å². The summed E-state index contributed by atoms with van der Waals surface area (Å²) in [6.07, 6.45) is 0.630. The summed E-state index contributed by atoms with van der Waals surface area (Å²) in [4.78, 5) is 12.7. The van der Waals surface area contributed by atoms with Crippen LogP contribution in [0.5, 0.6) is 5.75 Å². The Morgan fingerprint density at radius 2 is 2.29 bits per heavy atom. The number of ether oxygens (including phenoxy) is 1. The van der Waals surface area contributed by atoms with Crippen molar-refractivity contribution in [3.8, 4) is 5.75 Å². The van der Waals surface area contributed by atoms with Crippen molar-refractivity contribution in [3.05, 3.63) is 23.8 Å². The fraction of sp³-hybridized carbons (Fsp3) is 0.364. The summed E-state index contributed by atoms with van der Waals surface area (Å²) >= 11 is 1.72. The molecule has 0 saturated heterocycles. The third-order valence-corrected chi connectivity index (χ3v) is 3.52. The minimum atomic E-state index is 0.227. The van der Waals surface area contributed by atoms with Crippen molar-refractivity contribution in [1.29, 1.82) is 0 Å². The van der Waals surface area contributed by atoms with Crippen LogP contribution in [0.15, 0.2) is 23.1 Å². The molecule has 0 spiro atoms. The molecule has 1 unspecified atom stereocenters. The average molecular weight is 208 g/mol. The van der Waals surface area contributed by atoms with Crippen LogP contribution >= 0.6 is 11.8 Å². The summed E-state index contributed by atoms with van der Waals surface area (Å²) in [5, 5.41) is 0.353. The first-order chi connectivity index (χ1) is 6.72. The Bertz CT molecular complexity index is 374. The van der Waals surface area contributed by atoms with E-state index in [1.54, 1.807) is 18.9 Å². The van der Waals surface area contributed by atoms with Gasteiger partial charge in [-0.05, 0) is 6.07 Å². The van der Waals surface area contributed by atoms with Crippen molar-refractivity contribution in [2.24, 2.45) is 0 Å². The van der Waals surface area contributed by atoms with Gasteiger partial charge in [0, 0.05) is 17.2 Å². The maximum atomic E-state index is 11.7. The van der Waals surface area contributed by atoms with Crippen LogP contribution in [0.4, 0.5) is 0 Å². The molecule has 1 aromatic carbocycles. The summed E-state index contributed by atoms with van der Waals surface area (Å²) in [5.41, 5.74) is 0.812. The molecule has 2 nitrogen and oxygen atoms in total. The van der Waals surface area contributed by atoms with Gasteiger partial charge in [0.2, 0.25) is 0 Å². The molecule has 0 aromatic heterocycles. The maximum Gasteiger partial charge on any atom is 0.165 e. The van der Waals surface area contributed by atoms with E-state index in [1.807, 2.05) is 18.2 Å². The van der Waals surface area contributed by atoms with E-state index in [0.717, 1.165) is 16.2 Å². The quantitative estimate of drug-likeness (QED) is 0.710. The molecule has 14 heavy (non-hydrogen) atoms. The predicted octanol–water partition coefficient (Wildman–Crippen LogP) is 2.76. The van der Waals surface area contributed by atoms with Crippen LogP contribution in [-0.4, -0.2) is 18.1 Å². The molecule has 0 N–H and O–H groups in total. The molecule has 0 aliphatic carbocycles. The summed E-state index contributed by atoms with van der Waals surface area (Å²) < 4.78 is 5.24. The Morgan fingerprint density at radius 1 is 1.50 bits per heavy atom. The highest BCUT2D eigenvalue weighted by Gasteiger charge is 2.25. The average Bonchev–Trinajstić information content (AvgIpc) is 2.17. The molecular formula is C11H12O2S. The Kier molecular flexibility index (Phi) is 2.50. The van der Waals surface area contributed by atoms with Crippen molar-refractivity contribution in [3.63, 3.8) is 0 Å². The Morgan fingerprint density at radius 3 is 3.00 bits per heavy atom. The molecule has 1 heterocycles. The Hall–Kier alpha value is -0.960. The van der Waals surface area contributed by atoms with Crippen LogP contribution in [0, 0.1) is 0 Å². The zero-order valence-electron chi connectivity index (χ0n) is 8.24. The molecule has 0 fully saturated rings. The van der Waals surface area contributed by atoms with Gasteiger partial charge in [0.15, 0.2) is 5.78 Å². The minimum absolute atomic E-state index is 0.227. The second-order valence-corrected chi connectivity index (χ2v) is 4.84. The number of Topliss-reactive ketones (excluding diaryl/α,β-unsaturated/α-hetero) is 1. The second-order valence-electron chi connectivity index (χ2n) is 3.39. The number of fused-ring (bicyclic) bond motifs is 1. The second kappa shape index (κ2) is 3.65. The maximum absolute atomic E-state index is 11.7. The number of carbonyl (C=O) groups excluding carboxylic acids is 1. The Balaban J connectivity index is 2.52. The first-order valence-electron chi connectivity index (χ1n) is 4.59. The van der Waals surface area contributed by atoms with Crippen molar-refractivity contribution < 1.29 is 9.53 Å². The minimum Gasteiger partial charge on any atom is -0.496 e. The first kappa shape index (κ1) is 9.59. The van der Waals surface area contributed by atoms with Gasteiger partial charge >= 0.3 is 0 Å². The van der Waals surface area contributed by atoms with E-state index in [0.29, 0.717) is 11.7 Å². The normalized spacial score (nSPS) is 20.4. The van der Waals surface area contributed by atoms with E-state index in [-0.39, 0.29) is 5.78 Å². The molecule has 1 aliphatic rings. The lowest BCUT2D eigenvalue weighted by Gasteiger charge is -2.21. The third-order valence-electron chi connectivity index (χ3n) is 2.29. The smallest absolute Gasteiger partial charge is 0.165 e. The number of carbonyl (C=O) groups is 1. The number of thioether (sulfide) groups is 1. The molecule has 2 rings (SSSR count). The molecule has 1 atom stereocenters. The van der Waals surface area contributed by atoms with Gasteiger partial charge in [-0.3, -0.25) is 4.79 Å². The highest BCUT2D eigenvalue weighted by atomic mass is 32.2. The molecule has 0 radical (unpaired) electrons. The topological polar surface area (TPSA) is 26.3 Å². The number of hydrogen-bond acceptors (Lipinski definition) is 3. The van der Waals surface area contributed by atoms with E-state index in [9.17, 15) is 4.79 Å². The summed E-state index contributed by atoms with van der Waals surface area (Å²) in [6, 6.07) is 5.64. The lowest BCUT2D eigenvalue weighted by Crippen LogP contribution is -2.15. The van der Waals surface area contributed by atoms with Crippen LogP contribution in [-0.2, 0) is 0 Å². The monoisotopic (exact) mass is 208 g/mol. The first-order valence-corrected chi connectivity index (χ1v) is 5.47. The zero-order valence-corrected chi connectivity index (χ0v) is 9.06. The van der Waals surface area contributed by atoms with Crippen molar-refractivity contribution in [2.45, 2.75) is 23.5 Å².